The van der Waals surface area contributed by atoms with Gasteiger partial charge in [-0.3, -0.25) is 4.79 Å². The van der Waals surface area contributed by atoms with Crippen LogP contribution in [0.5, 0.6) is 0 Å². The minimum atomic E-state index is 0.0916. The smallest absolute Gasteiger partial charge is 0.224 e. The minimum Gasteiger partial charge on any atom is -0.356 e. The van der Waals surface area contributed by atoms with Crippen molar-refractivity contribution in [3.8, 4) is 0 Å². The van der Waals surface area contributed by atoms with Crippen molar-refractivity contribution in [2.45, 2.75) is 32.7 Å². The molecule has 0 radical (unpaired) electrons. The number of nitrogens with one attached hydrogen (secondary N) is 1. The van der Waals surface area contributed by atoms with Gasteiger partial charge in [0.05, 0.1) is 6.42 Å². The lowest BCUT2D eigenvalue weighted by molar-refractivity contribution is -0.120. The van der Waals surface area contributed by atoms with Crippen LogP contribution in [0.2, 0.25) is 0 Å². The first-order valence-electron chi connectivity index (χ1n) is 5.81. The molecule has 16 heavy (non-hydrogen) atoms. The molecule has 0 aromatic heterocycles. The maximum absolute atomic E-state index is 11.5. The largest absolute Gasteiger partial charge is 0.356 e. The first-order valence-corrected chi connectivity index (χ1v) is 5.81. The summed E-state index contributed by atoms with van der Waals surface area (Å²) in [6.07, 6.45) is 2.60. The van der Waals surface area contributed by atoms with Gasteiger partial charge >= 0.3 is 0 Å². The van der Waals surface area contributed by atoms with Crippen molar-refractivity contribution < 1.29 is 4.79 Å². The van der Waals surface area contributed by atoms with Gasteiger partial charge < -0.3 is 11.1 Å². The molecule has 3 heteroatoms. The predicted octanol–water partition coefficient (Wildman–Crippen LogP) is 1.60. The second kappa shape index (κ2) is 7.01. The zero-order valence-corrected chi connectivity index (χ0v) is 9.83. The van der Waals surface area contributed by atoms with Gasteiger partial charge in [-0.15, -0.1) is 0 Å². The lowest BCUT2D eigenvalue weighted by atomic mass is 10.1. The summed E-state index contributed by atoms with van der Waals surface area (Å²) in [6, 6.07) is 7.85. The fraction of sp³-hybridized carbons (Fsp3) is 0.462. The lowest BCUT2D eigenvalue weighted by Crippen LogP contribution is -2.25. The molecule has 3 nitrogen and oxygen atoms in total. The van der Waals surface area contributed by atoms with E-state index in [4.69, 9.17) is 5.73 Å². The summed E-state index contributed by atoms with van der Waals surface area (Å²) in [5, 5.41) is 2.90. The van der Waals surface area contributed by atoms with E-state index in [2.05, 4.69) is 12.2 Å². The van der Waals surface area contributed by atoms with Crippen molar-refractivity contribution in [1.29, 1.82) is 0 Å². The van der Waals surface area contributed by atoms with E-state index in [1.807, 2.05) is 24.3 Å². The molecule has 0 spiro atoms. The molecule has 0 fully saturated rings. The molecule has 0 bridgehead atoms. The summed E-state index contributed by atoms with van der Waals surface area (Å²) in [5.41, 5.74) is 7.63. The van der Waals surface area contributed by atoms with Gasteiger partial charge in [0, 0.05) is 13.1 Å². The summed E-state index contributed by atoms with van der Waals surface area (Å²) in [6.45, 7) is 3.43. The monoisotopic (exact) mass is 220 g/mol. The van der Waals surface area contributed by atoms with E-state index in [-0.39, 0.29) is 5.91 Å². The van der Waals surface area contributed by atoms with E-state index in [0.717, 1.165) is 30.5 Å². The maximum atomic E-state index is 11.5. The minimum absolute atomic E-state index is 0.0916. The predicted molar refractivity (Wildman–Crippen MR) is 66.0 cm³/mol. The van der Waals surface area contributed by atoms with Gasteiger partial charge in [-0.25, -0.2) is 0 Å². The van der Waals surface area contributed by atoms with Crippen molar-refractivity contribution in [2.24, 2.45) is 5.73 Å². The van der Waals surface area contributed by atoms with Crippen LogP contribution in [-0.4, -0.2) is 12.5 Å². The molecule has 0 saturated heterocycles. The standard InChI is InChI=1S/C13H20N2O/c1-2-3-8-15-13(16)9-11-4-6-12(10-14)7-5-11/h4-7H,2-3,8-10,14H2,1H3,(H,15,16). The van der Waals surface area contributed by atoms with Gasteiger partial charge in [-0.1, -0.05) is 37.6 Å². The Morgan fingerprint density at radius 3 is 2.44 bits per heavy atom. The van der Waals surface area contributed by atoms with Crippen LogP contribution in [0.4, 0.5) is 0 Å². The number of hydrogen-bond donors (Lipinski definition) is 2. The van der Waals surface area contributed by atoms with E-state index >= 15 is 0 Å². The average Bonchev–Trinajstić information content (AvgIpc) is 2.30. The first-order chi connectivity index (χ1) is 7.76. The summed E-state index contributed by atoms with van der Waals surface area (Å²) < 4.78 is 0. The summed E-state index contributed by atoms with van der Waals surface area (Å²) in [7, 11) is 0. The molecular formula is C13H20N2O. The van der Waals surface area contributed by atoms with Crippen LogP contribution in [0.25, 0.3) is 0 Å². The number of benzene rings is 1. The molecule has 0 heterocycles. The maximum Gasteiger partial charge on any atom is 0.224 e. The van der Waals surface area contributed by atoms with E-state index in [1.165, 1.54) is 0 Å². The van der Waals surface area contributed by atoms with Crippen LogP contribution in [0.15, 0.2) is 24.3 Å². The third kappa shape index (κ3) is 4.45. The fourth-order valence-electron chi connectivity index (χ4n) is 1.45. The number of hydrogen-bond acceptors (Lipinski definition) is 2. The van der Waals surface area contributed by atoms with Gasteiger partial charge in [0.2, 0.25) is 5.91 Å². The average molecular weight is 220 g/mol. The molecule has 1 aromatic carbocycles. The molecule has 0 saturated carbocycles. The highest BCUT2D eigenvalue weighted by molar-refractivity contribution is 5.78. The van der Waals surface area contributed by atoms with E-state index in [0.29, 0.717) is 13.0 Å². The van der Waals surface area contributed by atoms with Gasteiger partial charge in [-0.2, -0.15) is 0 Å². The zero-order valence-electron chi connectivity index (χ0n) is 9.83. The van der Waals surface area contributed by atoms with Crippen molar-refractivity contribution >= 4 is 5.91 Å². The summed E-state index contributed by atoms with van der Waals surface area (Å²) in [5.74, 6) is 0.0916. The number of carbonyl (C=O) groups excluding carboxylic acids is 1. The first kappa shape index (κ1) is 12.7. The van der Waals surface area contributed by atoms with Gasteiger partial charge in [-0.05, 0) is 17.5 Å². The second-order valence-corrected chi connectivity index (χ2v) is 3.90. The number of rotatable bonds is 6. The van der Waals surface area contributed by atoms with Crippen molar-refractivity contribution in [2.75, 3.05) is 6.54 Å². The molecule has 3 N–H and O–H groups in total. The SMILES string of the molecule is CCCCNC(=O)Cc1ccc(CN)cc1. The highest BCUT2D eigenvalue weighted by Crippen LogP contribution is 2.04. The molecule has 0 unspecified atom stereocenters. The van der Waals surface area contributed by atoms with Crippen LogP contribution in [0.1, 0.15) is 30.9 Å². The quantitative estimate of drug-likeness (QED) is 0.715. The van der Waals surface area contributed by atoms with E-state index in [1.54, 1.807) is 0 Å². The molecule has 0 aliphatic heterocycles. The van der Waals surface area contributed by atoms with Crippen molar-refractivity contribution in [1.82, 2.24) is 5.32 Å². The molecule has 88 valence electrons. The summed E-state index contributed by atoms with van der Waals surface area (Å²) >= 11 is 0. The summed E-state index contributed by atoms with van der Waals surface area (Å²) in [4.78, 5) is 11.5. The molecule has 1 rings (SSSR count). The number of carbonyl (C=O) groups is 1. The molecule has 0 atom stereocenters. The molecular weight excluding hydrogens is 200 g/mol. The Morgan fingerprint density at radius 2 is 1.88 bits per heavy atom. The Hall–Kier alpha value is -1.35. The number of amides is 1. The van der Waals surface area contributed by atoms with Crippen LogP contribution >= 0.6 is 0 Å². The normalized spacial score (nSPS) is 10.1. The Bertz CT molecular complexity index is 319. The van der Waals surface area contributed by atoms with E-state index < -0.39 is 0 Å². The highest BCUT2D eigenvalue weighted by Gasteiger charge is 2.02. The van der Waals surface area contributed by atoms with E-state index in [9.17, 15) is 4.79 Å². The third-order valence-corrected chi connectivity index (χ3v) is 2.48. The Balaban J connectivity index is 2.37. The Kier molecular flexibility index (Phi) is 5.57. The lowest BCUT2D eigenvalue weighted by Gasteiger charge is -2.05. The zero-order chi connectivity index (χ0) is 11.8. The third-order valence-electron chi connectivity index (χ3n) is 2.48. The Labute approximate surface area is 97.0 Å². The second-order valence-electron chi connectivity index (χ2n) is 3.90. The van der Waals surface area contributed by atoms with Crippen LogP contribution < -0.4 is 11.1 Å². The number of nitrogens with two attached hydrogens (primary N) is 1. The molecule has 1 amide bonds. The fourth-order valence-corrected chi connectivity index (χ4v) is 1.45. The highest BCUT2D eigenvalue weighted by atomic mass is 16.1. The van der Waals surface area contributed by atoms with Crippen LogP contribution in [-0.2, 0) is 17.8 Å². The van der Waals surface area contributed by atoms with Crippen molar-refractivity contribution in [3.05, 3.63) is 35.4 Å². The topological polar surface area (TPSA) is 55.1 Å². The van der Waals surface area contributed by atoms with Crippen LogP contribution in [0.3, 0.4) is 0 Å². The van der Waals surface area contributed by atoms with Gasteiger partial charge in [0.1, 0.15) is 0 Å². The number of unbranched alkanes of at least 4 members (excludes halogenated alkanes) is 1. The molecule has 0 aliphatic carbocycles. The Morgan fingerprint density at radius 1 is 1.25 bits per heavy atom. The van der Waals surface area contributed by atoms with Gasteiger partial charge in [0.15, 0.2) is 0 Å². The van der Waals surface area contributed by atoms with Crippen LogP contribution in [0, 0.1) is 0 Å². The van der Waals surface area contributed by atoms with Crippen molar-refractivity contribution in [3.63, 3.8) is 0 Å². The molecule has 1 aromatic rings. The molecule has 0 aliphatic rings. The van der Waals surface area contributed by atoms with Gasteiger partial charge in [0.25, 0.3) is 0 Å².